The molecule has 0 unspecified atom stereocenters. The van der Waals surface area contributed by atoms with Crippen LogP contribution in [0.4, 0.5) is 13.2 Å². The Hall–Kier alpha value is -3.30. The summed E-state index contributed by atoms with van der Waals surface area (Å²) >= 11 is 7.25. The number of para-hydroxylation sites is 2. The standard InChI is InChI=1S/C24H18ClF3N4OS/c25-19-11-7-17(8-12-19)14-32-21-4-2-1-3-20(21)30-23(32)34-15-22(33)31-29-13-16-5-9-18(10-6-16)24(26,27)28/h1-13H,14-15H2,(H,31,33)/b29-13-. The Kier molecular flexibility index (Phi) is 7.23. The van der Waals surface area contributed by atoms with Crippen molar-refractivity contribution in [3.8, 4) is 0 Å². The normalized spacial score (nSPS) is 11.9. The van der Waals surface area contributed by atoms with Crippen molar-refractivity contribution in [1.29, 1.82) is 0 Å². The molecule has 1 heterocycles. The number of halogens is 4. The number of hydrogen-bond acceptors (Lipinski definition) is 4. The summed E-state index contributed by atoms with van der Waals surface area (Å²) in [5.41, 5.74) is 4.89. The third kappa shape index (κ3) is 5.98. The van der Waals surface area contributed by atoms with Crippen LogP contribution in [0.3, 0.4) is 0 Å². The Bertz CT molecular complexity index is 1320. The number of carbonyl (C=O) groups excluding carboxylic acids is 1. The van der Waals surface area contributed by atoms with E-state index in [2.05, 4.69) is 15.5 Å². The van der Waals surface area contributed by atoms with Gasteiger partial charge in [-0.2, -0.15) is 18.3 Å². The van der Waals surface area contributed by atoms with Crippen LogP contribution >= 0.6 is 23.4 Å². The molecule has 0 saturated heterocycles. The first-order chi connectivity index (χ1) is 16.3. The van der Waals surface area contributed by atoms with Gasteiger partial charge in [-0.25, -0.2) is 10.4 Å². The molecule has 4 aromatic rings. The molecule has 0 aliphatic carbocycles. The number of hydrogen-bond donors (Lipinski definition) is 1. The van der Waals surface area contributed by atoms with Gasteiger partial charge in [0, 0.05) is 5.02 Å². The van der Waals surface area contributed by atoms with Gasteiger partial charge in [0.15, 0.2) is 5.16 Å². The fourth-order valence-electron chi connectivity index (χ4n) is 3.19. The molecule has 0 bridgehead atoms. The van der Waals surface area contributed by atoms with Crippen LogP contribution in [0.5, 0.6) is 0 Å². The van der Waals surface area contributed by atoms with Crippen molar-refractivity contribution in [2.75, 3.05) is 5.75 Å². The van der Waals surface area contributed by atoms with Crippen molar-refractivity contribution < 1.29 is 18.0 Å². The van der Waals surface area contributed by atoms with E-state index >= 15 is 0 Å². The van der Waals surface area contributed by atoms with E-state index in [0.29, 0.717) is 22.3 Å². The Morgan fingerprint density at radius 3 is 2.47 bits per heavy atom. The molecule has 1 amide bonds. The number of nitrogens with one attached hydrogen (secondary N) is 1. The topological polar surface area (TPSA) is 59.3 Å². The second-order valence-electron chi connectivity index (χ2n) is 7.30. The lowest BCUT2D eigenvalue weighted by atomic mass is 10.1. The highest BCUT2D eigenvalue weighted by Crippen LogP contribution is 2.29. The number of alkyl halides is 3. The van der Waals surface area contributed by atoms with Gasteiger partial charge in [0.05, 0.1) is 35.1 Å². The number of nitrogens with zero attached hydrogens (tertiary/aromatic N) is 3. The van der Waals surface area contributed by atoms with E-state index in [9.17, 15) is 18.0 Å². The van der Waals surface area contributed by atoms with E-state index in [1.165, 1.54) is 30.1 Å². The first-order valence-electron chi connectivity index (χ1n) is 10.1. The van der Waals surface area contributed by atoms with Crippen molar-refractivity contribution in [2.45, 2.75) is 17.9 Å². The van der Waals surface area contributed by atoms with E-state index in [-0.39, 0.29) is 11.7 Å². The molecule has 34 heavy (non-hydrogen) atoms. The van der Waals surface area contributed by atoms with Gasteiger partial charge in [-0.1, -0.05) is 59.8 Å². The smallest absolute Gasteiger partial charge is 0.314 e. The number of aromatic nitrogens is 2. The van der Waals surface area contributed by atoms with Crippen LogP contribution in [0.1, 0.15) is 16.7 Å². The van der Waals surface area contributed by atoms with Crippen molar-refractivity contribution in [3.63, 3.8) is 0 Å². The quantitative estimate of drug-likeness (QED) is 0.191. The average Bonchev–Trinajstić information content (AvgIpc) is 3.16. The molecule has 0 atom stereocenters. The molecule has 0 aliphatic heterocycles. The van der Waals surface area contributed by atoms with Crippen LogP contribution < -0.4 is 5.43 Å². The van der Waals surface area contributed by atoms with Crippen LogP contribution in [0.25, 0.3) is 11.0 Å². The maximum atomic E-state index is 12.6. The van der Waals surface area contributed by atoms with Gasteiger partial charge < -0.3 is 4.57 Å². The molecule has 5 nitrogen and oxygen atoms in total. The fraction of sp³-hybridized carbons (Fsp3) is 0.125. The summed E-state index contributed by atoms with van der Waals surface area (Å²) in [5.74, 6) is -0.299. The van der Waals surface area contributed by atoms with Crippen molar-refractivity contribution >= 4 is 46.5 Å². The molecule has 0 saturated carbocycles. The number of thioether (sulfide) groups is 1. The Morgan fingerprint density at radius 1 is 1.06 bits per heavy atom. The summed E-state index contributed by atoms with van der Waals surface area (Å²) in [7, 11) is 0. The molecule has 1 aromatic heterocycles. The van der Waals surface area contributed by atoms with Crippen LogP contribution in [-0.2, 0) is 17.5 Å². The fourth-order valence-corrected chi connectivity index (χ4v) is 4.12. The van der Waals surface area contributed by atoms with Crippen molar-refractivity contribution in [2.24, 2.45) is 5.10 Å². The summed E-state index contributed by atoms with van der Waals surface area (Å²) in [6.45, 7) is 0.563. The zero-order chi connectivity index (χ0) is 24.1. The second-order valence-corrected chi connectivity index (χ2v) is 8.68. The number of imidazole rings is 1. The molecule has 10 heteroatoms. The maximum Gasteiger partial charge on any atom is 0.416 e. The van der Waals surface area contributed by atoms with Gasteiger partial charge in [-0.05, 0) is 47.5 Å². The van der Waals surface area contributed by atoms with Crippen LogP contribution in [0.15, 0.2) is 83.1 Å². The van der Waals surface area contributed by atoms with Gasteiger partial charge >= 0.3 is 6.18 Å². The van der Waals surface area contributed by atoms with E-state index in [4.69, 9.17) is 11.6 Å². The first kappa shape index (κ1) is 23.8. The molecule has 0 aliphatic rings. The second kappa shape index (κ2) is 10.3. The SMILES string of the molecule is O=C(CSc1nc2ccccc2n1Cc1ccc(Cl)cc1)N/N=C\c1ccc(C(F)(F)F)cc1. The number of benzene rings is 3. The molecule has 0 spiro atoms. The summed E-state index contributed by atoms with van der Waals surface area (Å²) < 4.78 is 39.9. The first-order valence-corrected chi connectivity index (χ1v) is 11.5. The van der Waals surface area contributed by atoms with Crippen LogP contribution in [-0.4, -0.2) is 27.4 Å². The summed E-state index contributed by atoms with van der Waals surface area (Å²) in [4.78, 5) is 16.9. The van der Waals surface area contributed by atoms with Crippen molar-refractivity contribution in [1.82, 2.24) is 15.0 Å². The van der Waals surface area contributed by atoms with E-state index in [1.54, 1.807) is 0 Å². The van der Waals surface area contributed by atoms with E-state index < -0.39 is 11.7 Å². The summed E-state index contributed by atoms with van der Waals surface area (Å²) in [5, 5.41) is 5.16. The third-order valence-electron chi connectivity index (χ3n) is 4.85. The highest BCUT2D eigenvalue weighted by molar-refractivity contribution is 7.99. The predicted octanol–water partition coefficient (Wildman–Crippen LogP) is 6.00. The lowest BCUT2D eigenvalue weighted by molar-refractivity contribution is -0.137. The zero-order valence-electron chi connectivity index (χ0n) is 17.6. The molecular weight excluding hydrogens is 485 g/mol. The Labute approximate surface area is 202 Å². The maximum absolute atomic E-state index is 12.6. The highest BCUT2D eigenvalue weighted by Gasteiger charge is 2.29. The van der Waals surface area contributed by atoms with Gasteiger partial charge in [0.2, 0.25) is 0 Å². The number of carbonyl (C=O) groups is 1. The molecule has 4 rings (SSSR count). The lowest BCUT2D eigenvalue weighted by Gasteiger charge is -2.09. The zero-order valence-corrected chi connectivity index (χ0v) is 19.2. The minimum atomic E-state index is -4.40. The van der Waals surface area contributed by atoms with Crippen LogP contribution in [0, 0.1) is 0 Å². The predicted molar refractivity (Wildman–Crippen MR) is 128 cm³/mol. The molecule has 3 aromatic carbocycles. The van der Waals surface area contributed by atoms with E-state index in [0.717, 1.165) is 28.7 Å². The number of fused-ring (bicyclic) bond motifs is 1. The van der Waals surface area contributed by atoms with Crippen LogP contribution in [0.2, 0.25) is 5.02 Å². The average molecular weight is 503 g/mol. The van der Waals surface area contributed by atoms with Gasteiger partial charge in [0.1, 0.15) is 0 Å². The molecule has 174 valence electrons. The third-order valence-corrected chi connectivity index (χ3v) is 6.08. The number of hydrazone groups is 1. The van der Waals surface area contributed by atoms with Gasteiger partial charge in [-0.3, -0.25) is 4.79 Å². The molecule has 0 fully saturated rings. The Morgan fingerprint density at radius 2 is 1.76 bits per heavy atom. The lowest BCUT2D eigenvalue weighted by Crippen LogP contribution is -2.20. The highest BCUT2D eigenvalue weighted by atomic mass is 35.5. The summed E-state index contributed by atoms with van der Waals surface area (Å²) in [6.07, 6.45) is -3.11. The minimum Gasteiger partial charge on any atom is -0.314 e. The molecule has 0 radical (unpaired) electrons. The number of amides is 1. The van der Waals surface area contributed by atoms with E-state index in [1.807, 2.05) is 53.1 Å². The number of rotatable bonds is 7. The molecule has 1 N–H and O–H groups in total. The monoisotopic (exact) mass is 502 g/mol. The van der Waals surface area contributed by atoms with Crippen molar-refractivity contribution in [3.05, 3.63) is 94.5 Å². The minimum absolute atomic E-state index is 0.0638. The largest absolute Gasteiger partial charge is 0.416 e. The molecular formula is C24H18ClF3N4OS. The summed E-state index contributed by atoms with van der Waals surface area (Å²) in [6, 6.07) is 19.7. The van der Waals surface area contributed by atoms with Gasteiger partial charge in [0.25, 0.3) is 5.91 Å². The van der Waals surface area contributed by atoms with Gasteiger partial charge in [-0.15, -0.1) is 0 Å². The Balaban J connectivity index is 1.40.